The van der Waals surface area contributed by atoms with Gasteiger partial charge in [0.1, 0.15) is 5.76 Å². The van der Waals surface area contributed by atoms with Crippen molar-refractivity contribution >= 4 is 22.0 Å². The molecule has 0 aliphatic carbocycles. The zero-order valence-electron chi connectivity index (χ0n) is 15.8. The number of carbonyl (C=O) groups is 1. The number of carbonyl (C=O) groups excluding carboxylic acids is 1. The van der Waals surface area contributed by atoms with Crippen LogP contribution in [0.25, 0.3) is 6.08 Å². The van der Waals surface area contributed by atoms with E-state index >= 15 is 0 Å². The Labute approximate surface area is 169 Å². The predicted molar refractivity (Wildman–Crippen MR) is 105 cm³/mol. The number of hydrogen-bond acceptors (Lipinski definition) is 6. The molecule has 2 aliphatic heterocycles. The SMILES string of the molecule is O=C(C=Cc1ccco1)N1CCN(S(=O)(=O)c2ccc3c(c2)OCCCO3)CC1. The maximum atomic E-state index is 13.0. The smallest absolute Gasteiger partial charge is 0.246 e. The molecule has 1 amide bonds. The number of amides is 1. The number of fused-ring (bicyclic) bond motifs is 1. The molecule has 1 fully saturated rings. The van der Waals surface area contributed by atoms with Crippen LogP contribution in [0.2, 0.25) is 0 Å². The molecule has 1 aromatic carbocycles. The lowest BCUT2D eigenvalue weighted by Crippen LogP contribution is -2.50. The van der Waals surface area contributed by atoms with E-state index in [1.54, 1.807) is 29.2 Å². The molecule has 29 heavy (non-hydrogen) atoms. The maximum absolute atomic E-state index is 13.0. The number of benzene rings is 1. The summed E-state index contributed by atoms with van der Waals surface area (Å²) in [5.41, 5.74) is 0. The van der Waals surface area contributed by atoms with Crippen LogP contribution < -0.4 is 9.47 Å². The molecule has 8 nitrogen and oxygen atoms in total. The van der Waals surface area contributed by atoms with E-state index in [2.05, 4.69) is 0 Å². The molecule has 2 aromatic rings. The molecular formula is C20H22N2O6S. The van der Waals surface area contributed by atoms with Crippen molar-refractivity contribution in [3.8, 4) is 11.5 Å². The van der Waals surface area contributed by atoms with Crippen molar-refractivity contribution in [3.63, 3.8) is 0 Å². The van der Waals surface area contributed by atoms with E-state index in [0.29, 0.717) is 43.6 Å². The van der Waals surface area contributed by atoms with Crippen LogP contribution in [-0.2, 0) is 14.8 Å². The zero-order chi connectivity index (χ0) is 20.3. The summed E-state index contributed by atoms with van der Waals surface area (Å²) >= 11 is 0. The second-order valence-electron chi connectivity index (χ2n) is 6.74. The van der Waals surface area contributed by atoms with Crippen molar-refractivity contribution in [2.75, 3.05) is 39.4 Å². The Bertz CT molecular complexity index is 992. The Balaban J connectivity index is 1.41. The number of piperazine rings is 1. The molecule has 1 aromatic heterocycles. The second-order valence-corrected chi connectivity index (χ2v) is 8.68. The summed E-state index contributed by atoms with van der Waals surface area (Å²) in [7, 11) is -3.68. The fourth-order valence-corrected chi connectivity index (χ4v) is 4.69. The van der Waals surface area contributed by atoms with E-state index in [4.69, 9.17) is 13.9 Å². The van der Waals surface area contributed by atoms with Crippen molar-refractivity contribution in [2.45, 2.75) is 11.3 Å². The molecule has 0 N–H and O–H groups in total. The van der Waals surface area contributed by atoms with Crippen molar-refractivity contribution in [1.82, 2.24) is 9.21 Å². The van der Waals surface area contributed by atoms with Gasteiger partial charge in [-0.25, -0.2) is 8.42 Å². The summed E-state index contributed by atoms with van der Waals surface area (Å²) in [6.07, 6.45) is 5.32. The molecule has 0 bridgehead atoms. The van der Waals surface area contributed by atoms with E-state index in [1.165, 1.54) is 28.8 Å². The first kappa shape index (κ1) is 19.5. The molecule has 9 heteroatoms. The number of hydrogen-bond donors (Lipinski definition) is 0. The molecule has 2 aliphatic rings. The number of sulfonamides is 1. The Hall–Kier alpha value is -2.78. The van der Waals surface area contributed by atoms with Gasteiger partial charge in [0.15, 0.2) is 11.5 Å². The first-order chi connectivity index (χ1) is 14.0. The molecular weight excluding hydrogens is 396 g/mol. The van der Waals surface area contributed by atoms with Crippen LogP contribution in [0.3, 0.4) is 0 Å². The summed E-state index contributed by atoms with van der Waals surface area (Å²) in [5.74, 6) is 1.42. The highest BCUT2D eigenvalue weighted by atomic mass is 32.2. The van der Waals surface area contributed by atoms with Gasteiger partial charge in [0, 0.05) is 44.7 Å². The average molecular weight is 418 g/mol. The van der Waals surface area contributed by atoms with Crippen LogP contribution in [0.1, 0.15) is 12.2 Å². The topological polar surface area (TPSA) is 89.3 Å². The number of furan rings is 1. The van der Waals surface area contributed by atoms with Gasteiger partial charge in [-0.2, -0.15) is 4.31 Å². The highest BCUT2D eigenvalue weighted by Crippen LogP contribution is 2.33. The van der Waals surface area contributed by atoms with Crippen LogP contribution in [0.5, 0.6) is 11.5 Å². The van der Waals surface area contributed by atoms with Gasteiger partial charge in [0.05, 0.1) is 24.4 Å². The van der Waals surface area contributed by atoms with Gasteiger partial charge in [-0.3, -0.25) is 4.79 Å². The molecule has 0 radical (unpaired) electrons. The molecule has 0 unspecified atom stereocenters. The third-order valence-corrected chi connectivity index (χ3v) is 6.74. The molecule has 4 rings (SSSR count). The second kappa shape index (κ2) is 8.30. The number of rotatable bonds is 4. The van der Waals surface area contributed by atoms with Gasteiger partial charge in [-0.05, 0) is 30.3 Å². The summed E-state index contributed by atoms with van der Waals surface area (Å²) in [6.45, 7) is 2.15. The molecule has 3 heterocycles. The van der Waals surface area contributed by atoms with Crippen molar-refractivity contribution < 1.29 is 27.1 Å². The minimum absolute atomic E-state index is 0.166. The Morgan fingerprint density at radius 2 is 1.76 bits per heavy atom. The van der Waals surface area contributed by atoms with Crippen LogP contribution in [0.15, 0.2) is 52.0 Å². The largest absolute Gasteiger partial charge is 0.490 e. The van der Waals surface area contributed by atoms with Gasteiger partial charge in [0.25, 0.3) is 0 Å². The molecule has 0 saturated carbocycles. The lowest BCUT2D eigenvalue weighted by Gasteiger charge is -2.33. The Morgan fingerprint density at radius 1 is 1.00 bits per heavy atom. The van der Waals surface area contributed by atoms with Gasteiger partial charge in [-0.1, -0.05) is 0 Å². The van der Waals surface area contributed by atoms with Crippen molar-refractivity contribution in [1.29, 1.82) is 0 Å². The van der Waals surface area contributed by atoms with Gasteiger partial charge in [-0.15, -0.1) is 0 Å². The lowest BCUT2D eigenvalue weighted by atomic mass is 10.3. The molecule has 1 saturated heterocycles. The fraction of sp³-hybridized carbons (Fsp3) is 0.350. The van der Waals surface area contributed by atoms with Crippen LogP contribution in [0.4, 0.5) is 0 Å². The Morgan fingerprint density at radius 3 is 2.48 bits per heavy atom. The quantitative estimate of drug-likeness (QED) is 0.706. The zero-order valence-corrected chi connectivity index (χ0v) is 16.6. The highest BCUT2D eigenvalue weighted by molar-refractivity contribution is 7.89. The number of ether oxygens (including phenoxy) is 2. The highest BCUT2D eigenvalue weighted by Gasteiger charge is 2.30. The molecule has 0 atom stereocenters. The first-order valence-corrected chi connectivity index (χ1v) is 10.9. The molecule has 0 spiro atoms. The van der Waals surface area contributed by atoms with E-state index < -0.39 is 10.0 Å². The fourth-order valence-electron chi connectivity index (χ4n) is 3.25. The van der Waals surface area contributed by atoms with Crippen LogP contribution in [-0.4, -0.2) is 62.9 Å². The lowest BCUT2D eigenvalue weighted by molar-refractivity contribution is -0.127. The number of nitrogens with zero attached hydrogens (tertiary/aromatic N) is 2. The van der Waals surface area contributed by atoms with Crippen LogP contribution >= 0.6 is 0 Å². The maximum Gasteiger partial charge on any atom is 0.246 e. The van der Waals surface area contributed by atoms with E-state index in [1.807, 2.05) is 0 Å². The van der Waals surface area contributed by atoms with Gasteiger partial charge >= 0.3 is 0 Å². The third kappa shape index (κ3) is 4.30. The molecule has 154 valence electrons. The normalized spacial score (nSPS) is 18.0. The first-order valence-electron chi connectivity index (χ1n) is 9.44. The summed E-state index contributed by atoms with van der Waals surface area (Å²) in [4.78, 5) is 14.1. The summed E-state index contributed by atoms with van der Waals surface area (Å²) < 4.78 is 43.8. The van der Waals surface area contributed by atoms with Crippen LogP contribution in [0, 0.1) is 0 Å². The minimum Gasteiger partial charge on any atom is -0.490 e. The third-order valence-electron chi connectivity index (χ3n) is 4.84. The summed E-state index contributed by atoms with van der Waals surface area (Å²) in [5, 5.41) is 0. The van der Waals surface area contributed by atoms with E-state index in [9.17, 15) is 13.2 Å². The Kier molecular flexibility index (Phi) is 5.59. The van der Waals surface area contributed by atoms with Gasteiger partial charge in [0.2, 0.25) is 15.9 Å². The van der Waals surface area contributed by atoms with E-state index in [-0.39, 0.29) is 23.9 Å². The van der Waals surface area contributed by atoms with Crippen molar-refractivity contribution in [3.05, 3.63) is 48.4 Å². The standard InChI is InChI=1S/C20H22N2O6S/c23-20(7-4-16-3-1-12-26-16)21-8-10-22(11-9-21)29(24,25)17-5-6-18-19(15-17)28-14-2-13-27-18/h1,3-7,12,15H,2,8-11,13-14H2. The monoisotopic (exact) mass is 418 g/mol. The summed E-state index contributed by atoms with van der Waals surface area (Å²) in [6, 6.07) is 8.18. The predicted octanol–water partition coefficient (Wildman–Crippen LogP) is 1.99. The average Bonchev–Trinajstić information content (AvgIpc) is 3.15. The van der Waals surface area contributed by atoms with E-state index in [0.717, 1.165) is 6.42 Å². The van der Waals surface area contributed by atoms with Gasteiger partial charge < -0.3 is 18.8 Å². The minimum atomic E-state index is -3.68. The van der Waals surface area contributed by atoms with Crippen molar-refractivity contribution in [2.24, 2.45) is 0 Å².